The van der Waals surface area contributed by atoms with E-state index >= 15 is 0 Å². The van der Waals surface area contributed by atoms with Gasteiger partial charge in [0, 0.05) is 16.9 Å². The molecule has 5 heteroatoms. The summed E-state index contributed by atoms with van der Waals surface area (Å²) in [5.41, 5.74) is -0.437. The lowest BCUT2D eigenvalue weighted by molar-refractivity contribution is -0.152. The lowest BCUT2D eigenvalue weighted by Crippen LogP contribution is -2.27. The van der Waals surface area contributed by atoms with Crippen molar-refractivity contribution in [3.63, 3.8) is 0 Å². The maximum atomic E-state index is 12.5. The van der Waals surface area contributed by atoms with Gasteiger partial charge < -0.3 is 5.11 Å². The van der Waals surface area contributed by atoms with Crippen molar-refractivity contribution in [3.05, 3.63) is 11.3 Å². The van der Waals surface area contributed by atoms with Crippen LogP contribution in [0.3, 0.4) is 0 Å². The third-order valence-electron chi connectivity index (χ3n) is 4.60. The monoisotopic (exact) mass is 308 g/mol. The second-order valence-corrected chi connectivity index (χ2v) is 5.60. The number of ketones is 1. The Hall–Kier alpha value is -1.00. The molecule has 2 nitrogen and oxygen atoms in total. The minimum atomic E-state index is -4.37. The molecule has 124 valence electrons. The molecule has 0 spiro atoms. The van der Waals surface area contributed by atoms with E-state index in [1.165, 1.54) is 6.92 Å². The quantitative estimate of drug-likeness (QED) is 0.469. The summed E-state index contributed by atoms with van der Waals surface area (Å²) in [6.45, 7) is 8.73. The van der Waals surface area contributed by atoms with Crippen LogP contribution >= 0.6 is 0 Å². The third-order valence-corrected chi connectivity index (χ3v) is 4.60. The third kappa shape index (κ3) is 5.04. The largest absolute Gasteiger partial charge is 0.511 e. The molecule has 0 aromatic carbocycles. The van der Waals surface area contributed by atoms with Crippen molar-refractivity contribution in [1.82, 2.24) is 0 Å². The summed E-state index contributed by atoms with van der Waals surface area (Å²) in [6.07, 6.45) is -3.46. The number of carbonyl (C=O) groups is 1. The molecule has 0 bridgehead atoms. The molecule has 0 heterocycles. The Morgan fingerprint density at radius 2 is 1.48 bits per heavy atom. The number of carbonyl (C=O) groups excluding carboxylic acids is 1. The fraction of sp³-hybridized carbons (Fsp3) is 0.812. The van der Waals surface area contributed by atoms with E-state index in [2.05, 4.69) is 0 Å². The van der Waals surface area contributed by atoms with Gasteiger partial charge in [-0.1, -0.05) is 27.7 Å². The number of hydrogen-bond acceptors (Lipinski definition) is 2. The molecule has 0 saturated heterocycles. The van der Waals surface area contributed by atoms with Gasteiger partial charge in [0.15, 0.2) is 5.78 Å². The molecule has 0 aromatic rings. The highest BCUT2D eigenvalue weighted by Gasteiger charge is 2.37. The average Bonchev–Trinajstić information content (AvgIpc) is 2.44. The summed E-state index contributed by atoms with van der Waals surface area (Å²) >= 11 is 0. The summed E-state index contributed by atoms with van der Waals surface area (Å²) in [5.74, 6) is -1.75. The topological polar surface area (TPSA) is 37.3 Å². The number of Topliss-reactive ketones (excluding diaryl/α,β-unsaturated/α-hetero) is 1. The SMILES string of the molecule is CCC(CC(F)(F)F)C(=O)C(C)=C(O)C(CC)(CC)CC. The van der Waals surface area contributed by atoms with Gasteiger partial charge in [0.25, 0.3) is 0 Å². The van der Waals surface area contributed by atoms with Crippen LogP contribution in [0.4, 0.5) is 13.2 Å². The zero-order valence-corrected chi connectivity index (χ0v) is 13.6. The first-order valence-corrected chi connectivity index (χ1v) is 7.59. The lowest BCUT2D eigenvalue weighted by atomic mass is 9.75. The molecule has 21 heavy (non-hydrogen) atoms. The molecule has 0 fully saturated rings. The van der Waals surface area contributed by atoms with Gasteiger partial charge in [-0.15, -0.1) is 0 Å². The number of aliphatic hydroxyl groups excluding tert-OH is 1. The van der Waals surface area contributed by atoms with E-state index in [1.807, 2.05) is 20.8 Å². The van der Waals surface area contributed by atoms with Gasteiger partial charge in [-0.3, -0.25) is 4.79 Å². The average molecular weight is 308 g/mol. The van der Waals surface area contributed by atoms with Crippen molar-refractivity contribution in [1.29, 1.82) is 0 Å². The van der Waals surface area contributed by atoms with E-state index in [0.717, 1.165) is 0 Å². The van der Waals surface area contributed by atoms with E-state index in [1.54, 1.807) is 6.92 Å². The van der Waals surface area contributed by atoms with E-state index in [9.17, 15) is 23.1 Å². The van der Waals surface area contributed by atoms with Gasteiger partial charge in [0.2, 0.25) is 0 Å². The normalized spacial score (nSPS) is 15.6. The van der Waals surface area contributed by atoms with Crippen molar-refractivity contribution in [2.75, 3.05) is 0 Å². The molecule has 0 radical (unpaired) electrons. The van der Waals surface area contributed by atoms with Crippen molar-refractivity contribution in [3.8, 4) is 0 Å². The summed E-state index contributed by atoms with van der Waals surface area (Å²) in [7, 11) is 0. The first kappa shape index (κ1) is 20.0. The van der Waals surface area contributed by atoms with Crippen LogP contribution < -0.4 is 0 Å². The maximum absolute atomic E-state index is 12.5. The number of allylic oxidation sites excluding steroid dienone is 2. The van der Waals surface area contributed by atoms with Crippen molar-refractivity contribution in [2.24, 2.45) is 11.3 Å². The highest BCUT2D eigenvalue weighted by atomic mass is 19.4. The molecule has 0 amide bonds. The maximum Gasteiger partial charge on any atom is 0.389 e. The van der Waals surface area contributed by atoms with Gasteiger partial charge >= 0.3 is 6.18 Å². The highest BCUT2D eigenvalue weighted by molar-refractivity contribution is 5.97. The van der Waals surface area contributed by atoms with Gasteiger partial charge in [-0.2, -0.15) is 13.2 Å². The second kappa shape index (κ2) is 7.85. The molecule has 0 aliphatic heterocycles. The van der Waals surface area contributed by atoms with Crippen LogP contribution in [0.1, 0.15) is 66.7 Å². The van der Waals surface area contributed by atoms with Crippen molar-refractivity contribution < 1.29 is 23.1 Å². The first-order chi connectivity index (χ1) is 9.58. The zero-order valence-electron chi connectivity index (χ0n) is 13.6. The molecule has 1 N–H and O–H groups in total. The van der Waals surface area contributed by atoms with Crippen molar-refractivity contribution >= 4 is 5.78 Å². The standard InChI is InChI=1S/C16H27F3O2/c1-6-12(10-16(17,18)19)13(20)11(5)14(21)15(7-2,8-3)9-4/h12,21H,6-10H2,1-5H3. The summed E-state index contributed by atoms with van der Waals surface area (Å²) in [4.78, 5) is 12.3. The second-order valence-electron chi connectivity index (χ2n) is 5.60. The number of aliphatic hydroxyl groups is 1. The Kier molecular flexibility index (Phi) is 7.48. The van der Waals surface area contributed by atoms with Crippen LogP contribution in [-0.4, -0.2) is 17.1 Å². The number of alkyl halides is 3. The van der Waals surface area contributed by atoms with Gasteiger partial charge in [-0.05, 0) is 32.6 Å². The molecule has 1 unspecified atom stereocenters. The van der Waals surface area contributed by atoms with E-state index in [0.29, 0.717) is 19.3 Å². The Balaban J connectivity index is 5.49. The molecule has 0 aromatic heterocycles. The Bertz CT molecular complexity index is 371. The summed E-state index contributed by atoms with van der Waals surface area (Å²) in [5, 5.41) is 10.4. The summed E-state index contributed by atoms with van der Waals surface area (Å²) < 4.78 is 37.6. The Morgan fingerprint density at radius 1 is 1.05 bits per heavy atom. The predicted octanol–water partition coefficient (Wildman–Crippen LogP) is 5.58. The first-order valence-electron chi connectivity index (χ1n) is 7.59. The van der Waals surface area contributed by atoms with Gasteiger partial charge in [0.05, 0.1) is 6.42 Å². The van der Waals surface area contributed by atoms with Crippen molar-refractivity contribution in [2.45, 2.75) is 72.9 Å². The van der Waals surface area contributed by atoms with Crippen LogP contribution in [0.5, 0.6) is 0 Å². The van der Waals surface area contributed by atoms with Crippen LogP contribution in [-0.2, 0) is 4.79 Å². The minimum absolute atomic E-state index is 0.0411. The Morgan fingerprint density at radius 3 is 1.76 bits per heavy atom. The molecule has 0 aliphatic rings. The van der Waals surface area contributed by atoms with Crippen LogP contribution in [0, 0.1) is 11.3 Å². The molecular formula is C16H27F3O2. The molecule has 0 rings (SSSR count). The predicted molar refractivity (Wildman–Crippen MR) is 78.1 cm³/mol. The fourth-order valence-electron chi connectivity index (χ4n) is 2.77. The number of halogens is 3. The molecule has 0 saturated carbocycles. The smallest absolute Gasteiger partial charge is 0.389 e. The van der Waals surface area contributed by atoms with Gasteiger partial charge in [-0.25, -0.2) is 0 Å². The van der Waals surface area contributed by atoms with Crippen LogP contribution in [0.25, 0.3) is 0 Å². The zero-order chi connectivity index (χ0) is 16.8. The van der Waals surface area contributed by atoms with E-state index < -0.39 is 29.7 Å². The lowest BCUT2D eigenvalue weighted by Gasteiger charge is -2.31. The number of rotatable bonds is 8. The fourth-order valence-corrected chi connectivity index (χ4v) is 2.77. The molecule has 0 aliphatic carbocycles. The van der Waals surface area contributed by atoms with Crippen LogP contribution in [0.2, 0.25) is 0 Å². The summed E-state index contributed by atoms with van der Waals surface area (Å²) in [6, 6.07) is 0. The molecule has 1 atom stereocenters. The van der Waals surface area contributed by atoms with E-state index in [4.69, 9.17) is 0 Å². The molecular weight excluding hydrogens is 281 g/mol. The minimum Gasteiger partial charge on any atom is -0.511 e. The number of hydrogen-bond donors (Lipinski definition) is 1. The van der Waals surface area contributed by atoms with E-state index in [-0.39, 0.29) is 17.8 Å². The van der Waals surface area contributed by atoms with Crippen LogP contribution in [0.15, 0.2) is 11.3 Å². The highest BCUT2D eigenvalue weighted by Crippen LogP contribution is 2.39. The van der Waals surface area contributed by atoms with Gasteiger partial charge in [0.1, 0.15) is 5.76 Å². The Labute approximate surface area is 125 Å².